The maximum atomic E-state index is 5.59. The van der Waals surface area contributed by atoms with Crippen molar-refractivity contribution in [2.45, 2.75) is 19.0 Å². The molecule has 1 saturated heterocycles. The summed E-state index contributed by atoms with van der Waals surface area (Å²) in [6.45, 7) is 7.91. The third-order valence-corrected chi connectivity index (χ3v) is 1.86. The Morgan fingerprint density at radius 3 is 2.67 bits per heavy atom. The van der Waals surface area contributed by atoms with Crippen LogP contribution in [-0.2, 0) is 0 Å². The lowest BCUT2D eigenvalue weighted by atomic mass is 10.1. The molecule has 1 fully saturated rings. The molecule has 0 spiro atoms. The summed E-state index contributed by atoms with van der Waals surface area (Å²) in [7, 11) is 0. The van der Waals surface area contributed by atoms with Gasteiger partial charge in [-0.25, -0.2) is 0 Å². The van der Waals surface area contributed by atoms with Crippen LogP contribution in [-0.4, -0.2) is 30.1 Å². The Morgan fingerprint density at radius 2 is 2.33 bits per heavy atom. The number of hydrogen-bond acceptors (Lipinski definition) is 2. The van der Waals surface area contributed by atoms with Crippen molar-refractivity contribution in [2.75, 3.05) is 13.1 Å². The van der Waals surface area contributed by atoms with Crippen LogP contribution in [0.5, 0.6) is 0 Å². The lowest BCUT2D eigenvalue weighted by Crippen LogP contribution is -2.58. The largest absolute Gasteiger partial charge is 0.325 e. The molecule has 2 heteroatoms. The summed E-state index contributed by atoms with van der Waals surface area (Å²) in [5.41, 5.74) is 5.59. The topological polar surface area (TPSA) is 29.3 Å². The molecule has 0 amide bonds. The Kier molecular flexibility index (Phi) is 1.88. The van der Waals surface area contributed by atoms with Gasteiger partial charge in [-0.2, -0.15) is 0 Å². The van der Waals surface area contributed by atoms with Gasteiger partial charge in [0, 0.05) is 25.2 Å². The van der Waals surface area contributed by atoms with E-state index < -0.39 is 0 Å². The van der Waals surface area contributed by atoms with E-state index in [-0.39, 0.29) is 0 Å². The molecule has 1 rings (SSSR count). The van der Waals surface area contributed by atoms with Crippen molar-refractivity contribution < 1.29 is 0 Å². The fourth-order valence-corrected chi connectivity index (χ4v) is 1.03. The van der Waals surface area contributed by atoms with Crippen molar-refractivity contribution in [2.24, 2.45) is 5.73 Å². The second kappa shape index (κ2) is 2.50. The quantitative estimate of drug-likeness (QED) is 0.536. The Hall–Kier alpha value is -0.340. The smallest absolute Gasteiger partial charge is 0.0297 e. The van der Waals surface area contributed by atoms with Crippen molar-refractivity contribution in [1.29, 1.82) is 0 Å². The zero-order valence-corrected chi connectivity index (χ0v) is 5.88. The van der Waals surface area contributed by atoms with Gasteiger partial charge in [0.2, 0.25) is 0 Å². The van der Waals surface area contributed by atoms with Crippen LogP contribution in [0, 0.1) is 0 Å². The fraction of sp³-hybridized carbons (Fsp3) is 0.714. The Bertz CT molecular complexity index is 105. The summed E-state index contributed by atoms with van der Waals surface area (Å²) in [6, 6.07) is 0.914. The first-order chi connectivity index (χ1) is 4.24. The summed E-state index contributed by atoms with van der Waals surface area (Å²) < 4.78 is 0. The lowest BCUT2D eigenvalue weighted by molar-refractivity contribution is 0.126. The standard InChI is InChI=1S/C7H14N2/c1-3-6(2)9-4-7(8)5-9/h3,6-7H,1,4-5,8H2,2H3. The molecule has 0 aromatic rings. The van der Waals surface area contributed by atoms with E-state index in [0.717, 1.165) is 13.1 Å². The van der Waals surface area contributed by atoms with Gasteiger partial charge in [-0.15, -0.1) is 6.58 Å². The molecule has 2 nitrogen and oxygen atoms in total. The minimum atomic E-state index is 0.410. The molecule has 52 valence electrons. The first-order valence-corrected chi connectivity index (χ1v) is 3.36. The van der Waals surface area contributed by atoms with Crippen LogP contribution in [0.25, 0.3) is 0 Å². The van der Waals surface area contributed by atoms with Crippen molar-refractivity contribution >= 4 is 0 Å². The summed E-state index contributed by atoms with van der Waals surface area (Å²) in [5.74, 6) is 0. The van der Waals surface area contributed by atoms with Crippen molar-refractivity contribution in [3.05, 3.63) is 12.7 Å². The van der Waals surface area contributed by atoms with Gasteiger partial charge in [-0.05, 0) is 6.92 Å². The van der Waals surface area contributed by atoms with E-state index in [2.05, 4.69) is 18.4 Å². The van der Waals surface area contributed by atoms with E-state index in [1.54, 1.807) is 0 Å². The third-order valence-electron chi connectivity index (χ3n) is 1.86. The fourth-order valence-electron chi connectivity index (χ4n) is 1.03. The number of nitrogens with two attached hydrogens (primary N) is 1. The second-order valence-electron chi connectivity index (χ2n) is 2.69. The van der Waals surface area contributed by atoms with Crippen LogP contribution in [0.2, 0.25) is 0 Å². The highest BCUT2D eigenvalue weighted by atomic mass is 15.2. The van der Waals surface area contributed by atoms with Crippen LogP contribution in [0.1, 0.15) is 6.92 Å². The minimum absolute atomic E-state index is 0.410. The van der Waals surface area contributed by atoms with E-state index in [1.807, 2.05) is 6.08 Å². The predicted octanol–water partition coefficient (Wildman–Crippen LogP) is 0.204. The molecule has 9 heavy (non-hydrogen) atoms. The van der Waals surface area contributed by atoms with E-state index in [1.165, 1.54) is 0 Å². The third kappa shape index (κ3) is 1.32. The number of rotatable bonds is 2. The van der Waals surface area contributed by atoms with E-state index >= 15 is 0 Å². The average molecular weight is 126 g/mol. The average Bonchev–Trinajstić information content (AvgIpc) is 1.79. The van der Waals surface area contributed by atoms with Crippen LogP contribution < -0.4 is 5.73 Å². The van der Waals surface area contributed by atoms with Crippen molar-refractivity contribution in [1.82, 2.24) is 4.90 Å². The highest BCUT2D eigenvalue weighted by Crippen LogP contribution is 2.09. The van der Waals surface area contributed by atoms with E-state index in [9.17, 15) is 0 Å². The van der Waals surface area contributed by atoms with Crippen LogP contribution in [0.15, 0.2) is 12.7 Å². The number of nitrogens with zero attached hydrogens (tertiary/aromatic N) is 1. The summed E-state index contributed by atoms with van der Waals surface area (Å²) >= 11 is 0. The van der Waals surface area contributed by atoms with Crippen LogP contribution >= 0.6 is 0 Å². The Morgan fingerprint density at radius 1 is 1.78 bits per heavy atom. The molecular weight excluding hydrogens is 112 g/mol. The molecule has 0 radical (unpaired) electrons. The summed E-state index contributed by atoms with van der Waals surface area (Å²) in [5, 5.41) is 0. The van der Waals surface area contributed by atoms with Crippen LogP contribution in [0.3, 0.4) is 0 Å². The zero-order chi connectivity index (χ0) is 6.85. The maximum Gasteiger partial charge on any atom is 0.0297 e. The lowest BCUT2D eigenvalue weighted by Gasteiger charge is -2.40. The van der Waals surface area contributed by atoms with Crippen molar-refractivity contribution in [3.8, 4) is 0 Å². The monoisotopic (exact) mass is 126 g/mol. The molecule has 0 saturated carbocycles. The molecule has 1 heterocycles. The first kappa shape index (κ1) is 6.78. The molecule has 0 aliphatic carbocycles. The molecule has 1 aliphatic heterocycles. The first-order valence-electron chi connectivity index (χ1n) is 3.36. The second-order valence-corrected chi connectivity index (χ2v) is 2.69. The van der Waals surface area contributed by atoms with Gasteiger partial charge in [0.05, 0.1) is 0 Å². The van der Waals surface area contributed by atoms with Gasteiger partial charge < -0.3 is 5.73 Å². The Balaban J connectivity index is 2.23. The maximum absolute atomic E-state index is 5.59. The molecule has 0 aromatic carbocycles. The van der Waals surface area contributed by atoms with E-state index in [0.29, 0.717) is 12.1 Å². The Labute approximate surface area is 56.3 Å². The zero-order valence-electron chi connectivity index (χ0n) is 5.88. The van der Waals surface area contributed by atoms with Crippen LogP contribution in [0.4, 0.5) is 0 Å². The molecule has 0 aromatic heterocycles. The molecular formula is C7H14N2. The highest BCUT2D eigenvalue weighted by molar-refractivity contribution is 4.93. The van der Waals surface area contributed by atoms with Gasteiger partial charge >= 0.3 is 0 Å². The number of hydrogen-bond donors (Lipinski definition) is 1. The van der Waals surface area contributed by atoms with Crippen molar-refractivity contribution in [3.63, 3.8) is 0 Å². The van der Waals surface area contributed by atoms with Gasteiger partial charge in [-0.1, -0.05) is 6.08 Å². The van der Waals surface area contributed by atoms with Gasteiger partial charge in [0.15, 0.2) is 0 Å². The van der Waals surface area contributed by atoms with Gasteiger partial charge in [0.25, 0.3) is 0 Å². The summed E-state index contributed by atoms with van der Waals surface area (Å²) in [4.78, 5) is 2.30. The molecule has 1 atom stereocenters. The van der Waals surface area contributed by atoms with Gasteiger partial charge in [0.1, 0.15) is 0 Å². The van der Waals surface area contributed by atoms with E-state index in [4.69, 9.17) is 5.73 Å². The SMILES string of the molecule is C=CC(C)N1CC(N)C1. The molecule has 1 aliphatic rings. The molecule has 0 bridgehead atoms. The molecule has 2 N–H and O–H groups in total. The normalized spacial score (nSPS) is 25.1. The predicted molar refractivity (Wildman–Crippen MR) is 39.2 cm³/mol. The highest BCUT2D eigenvalue weighted by Gasteiger charge is 2.25. The number of likely N-dealkylation sites (tertiary alicyclic amines) is 1. The molecule has 1 unspecified atom stereocenters. The van der Waals surface area contributed by atoms with Gasteiger partial charge in [-0.3, -0.25) is 4.90 Å². The summed E-state index contributed by atoms with van der Waals surface area (Å²) in [6.07, 6.45) is 1.95. The minimum Gasteiger partial charge on any atom is -0.325 e.